The van der Waals surface area contributed by atoms with Gasteiger partial charge in [-0.3, -0.25) is 9.10 Å². The third-order valence-corrected chi connectivity index (χ3v) is 6.80. The number of sulfonamides is 1. The van der Waals surface area contributed by atoms with Crippen LogP contribution < -0.4 is 14.4 Å². The molecule has 0 bridgehead atoms. The molecule has 1 amide bonds. The number of ether oxygens (including phenoxy) is 1. The maximum absolute atomic E-state index is 13.5. The van der Waals surface area contributed by atoms with Gasteiger partial charge < -0.3 is 10.1 Å². The molecule has 0 radical (unpaired) electrons. The normalized spacial score (nSPS) is 16.7. The Kier molecular flexibility index (Phi) is 6.13. The van der Waals surface area contributed by atoms with Gasteiger partial charge in [0.25, 0.3) is 15.9 Å². The van der Waals surface area contributed by atoms with Crippen LogP contribution in [0.5, 0.6) is 5.75 Å². The highest BCUT2D eigenvalue weighted by molar-refractivity contribution is 7.92. The van der Waals surface area contributed by atoms with Gasteiger partial charge in [0.1, 0.15) is 5.75 Å². The Bertz CT molecular complexity index is 1010. The van der Waals surface area contributed by atoms with Crippen molar-refractivity contribution >= 4 is 21.6 Å². The maximum Gasteiger partial charge on any atom is 0.264 e. The minimum absolute atomic E-state index is 0.0816. The van der Waals surface area contributed by atoms with Crippen molar-refractivity contribution < 1.29 is 17.9 Å². The first-order valence-electron chi connectivity index (χ1n) is 10.2. The smallest absolute Gasteiger partial charge is 0.264 e. The van der Waals surface area contributed by atoms with E-state index in [0.717, 1.165) is 5.56 Å². The summed E-state index contributed by atoms with van der Waals surface area (Å²) in [5.74, 6) is 0.351. The summed E-state index contributed by atoms with van der Waals surface area (Å²) in [4.78, 5) is 12.9. The first kappa shape index (κ1) is 22.2. The van der Waals surface area contributed by atoms with Gasteiger partial charge in [0.05, 0.1) is 17.1 Å². The van der Waals surface area contributed by atoms with E-state index in [-0.39, 0.29) is 28.7 Å². The molecule has 7 heteroatoms. The second kappa shape index (κ2) is 8.30. The van der Waals surface area contributed by atoms with Gasteiger partial charge in [-0.15, -0.1) is 0 Å². The van der Waals surface area contributed by atoms with Gasteiger partial charge in [-0.05, 0) is 41.2 Å². The first-order valence-corrected chi connectivity index (χ1v) is 11.6. The fourth-order valence-corrected chi connectivity index (χ4v) is 4.71. The molecule has 0 saturated heterocycles. The van der Waals surface area contributed by atoms with Crippen molar-refractivity contribution in [3.05, 3.63) is 54.1 Å². The molecule has 162 valence electrons. The van der Waals surface area contributed by atoms with Crippen molar-refractivity contribution in [3.63, 3.8) is 0 Å². The van der Waals surface area contributed by atoms with E-state index in [1.807, 2.05) is 26.0 Å². The molecule has 0 spiro atoms. The lowest BCUT2D eigenvalue weighted by Gasteiger charge is -2.36. The van der Waals surface area contributed by atoms with Crippen molar-refractivity contribution in [2.75, 3.05) is 17.4 Å². The van der Waals surface area contributed by atoms with Gasteiger partial charge in [0, 0.05) is 6.54 Å². The Morgan fingerprint density at radius 3 is 2.43 bits per heavy atom. The third-order valence-electron chi connectivity index (χ3n) is 5.00. The molecule has 1 unspecified atom stereocenters. The summed E-state index contributed by atoms with van der Waals surface area (Å²) in [6.45, 7) is 10.6. The van der Waals surface area contributed by atoms with E-state index in [4.69, 9.17) is 4.74 Å². The summed E-state index contributed by atoms with van der Waals surface area (Å²) in [7, 11) is -3.86. The Balaban J connectivity index is 2.05. The van der Waals surface area contributed by atoms with Crippen molar-refractivity contribution in [3.8, 4) is 5.75 Å². The molecule has 0 saturated carbocycles. The number of carbonyl (C=O) groups is 1. The van der Waals surface area contributed by atoms with E-state index in [1.54, 1.807) is 36.4 Å². The molecule has 1 atom stereocenters. The molecule has 0 aromatic heterocycles. The van der Waals surface area contributed by atoms with E-state index in [9.17, 15) is 13.2 Å². The molecule has 0 fully saturated rings. The number of fused-ring (bicyclic) bond motifs is 1. The molecular formula is C23H30N2O4S. The Hall–Kier alpha value is -2.54. The number of carbonyl (C=O) groups excluding carboxylic acids is 1. The van der Waals surface area contributed by atoms with E-state index in [2.05, 4.69) is 26.1 Å². The van der Waals surface area contributed by atoms with Crippen LogP contribution in [-0.4, -0.2) is 33.5 Å². The van der Waals surface area contributed by atoms with Gasteiger partial charge in [0.2, 0.25) is 0 Å². The lowest BCUT2D eigenvalue weighted by molar-refractivity contribution is -0.127. The van der Waals surface area contributed by atoms with Crippen molar-refractivity contribution in [1.29, 1.82) is 0 Å². The Morgan fingerprint density at radius 1 is 1.17 bits per heavy atom. The van der Waals surface area contributed by atoms with Gasteiger partial charge in [0.15, 0.2) is 6.10 Å². The van der Waals surface area contributed by atoms with Crippen LogP contribution >= 0.6 is 0 Å². The van der Waals surface area contributed by atoms with Gasteiger partial charge in [-0.1, -0.05) is 58.9 Å². The van der Waals surface area contributed by atoms with Crippen LogP contribution in [0.4, 0.5) is 5.69 Å². The lowest BCUT2D eigenvalue weighted by atomic mass is 9.86. The number of hydrogen-bond donors (Lipinski definition) is 1. The van der Waals surface area contributed by atoms with Crippen molar-refractivity contribution in [1.82, 2.24) is 5.32 Å². The zero-order chi connectivity index (χ0) is 22.1. The molecule has 1 N–H and O–H groups in total. The summed E-state index contributed by atoms with van der Waals surface area (Å²) >= 11 is 0. The maximum atomic E-state index is 13.5. The molecule has 3 rings (SSSR count). The molecule has 1 heterocycles. The van der Waals surface area contributed by atoms with E-state index < -0.39 is 16.1 Å². The molecule has 1 aliphatic heterocycles. The van der Waals surface area contributed by atoms with Crippen LogP contribution in [0.15, 0.2) is 53.4 Å². The minimum atomic E-state index is -3.86. The van der Waals surface area contributed by atoms with Gasteiger partial charge >= 0.3 is 0 Å². The standard InChI is InChI=1S/C23H30N2O4S/c1-16(2)14-24-22(26)21-15-25(30(27,28)18-9-7-6-8-10-18)19-13-17(23(3,4)5)11-12-20(19)29-21/h6-13,16,21H,14-15H2,1-5H3,(H,24,26). The first-order chi connectivity index (χ1) is 14.0. The summed E-state index contributed by atoms with van der Waals surface area (Å²) in [6, 6.07) is 13.8. The number of hydrogen-bond acceptors (Lipinski definition) is 4. The molecule has 2 aromatic rings. The molecule has 2 aromatic carbocycles. The molecule has 0 aliphatic carbocycles. The molecule has 6 nitrogen and oxygen atoms in total. The predicted molar refractivity (Wildman–Crippen MR) is 118 cm³/mol. The van der Waals surface area contributed by atoms with Crippen LogP contribution in [0.3, 0.4) is 0 Å². The van der Waals surface area contributed by atoms with Crippen molar-refractivity contribution in [2.24, 2.45) is 5.92 Å². The second-order valence-electron chi connectivity index (χ2n) is 9.03. The monoisotopic (exact) mass is 430 g/mol. The molecule has 30 heavy (non-hydrogen) atoms. The summed E-state index contributed by atoms with van der Waals surface area (Å²) in [5, 5.41) is 2.84. The number of benzene rings is 2. The molecule has 1 aliphatic rings. The summed E-state index contributed by atoms with van der Waals surface area (Å²) < 4.78 is 34.2. The average Bonchev–Trinajstić information content (AvgIpc) is 2.70. The number of amides is 1. The number of rotatable bonds is 5. The van der Waals surface area contributed by atoms with Crippen molar-refractivity contribution in [2.45, 2.75) is 51.0 Å². The SMILES string of the molecule is CC(C)CNC(=O)C1CN(S(=O)(=O)c2ccccc2)c2cc(C(C)(C)C)ccc2O1. The van der Waals surface area contributed by atoms with Crippen LogP contribution in [0.2, 0.25) is 0 Å². The zero-order valence-electron chi connectivity index (χ0n) is 18.2. The van der Waals surface area contributed by atoms with Gasteiger partial charge in [-0.25, -0.2) is 8.42 Å². The second-order valence-corrected chi connectivity index (χ2v) is 10.9. The van der Waals surface area contributed by atoms with E-state index >= 15 is 0 Å². The average molecular weight is 431 g/mol. The third kappa shape index (κ3) is 4.61. The fourth-order valence-electron chi connectivity index (χ4n) is 3.22. The van der Waals surface area contributed by atoms with E-state index in [0.29, 0.717) is 18.0 Å². The predicted octanol–water partition coefficient (Wildman–Crippen LogP) is 3.71. The highest BCUT2D eigenvalue weighted by Crippen LogP contribution is 2.40. The largest absolute Gasteiger partial charge is 0.476 e. The quantitative estimate of drug-likeness (QED) is 0.785. The van der Waals surface area contributed by atoms with E-state index in [1.165, 1.54) is 4.31 Å². The Labute approximate surface area is 179 Å². The minimum Gasteiger partial charge on any atom is -0.476 e. The topological polar surface area (TPSA) is 75.7 Å². The van der Waals surface area contributed by atoms with Crippen LogP contribution in [-0.2, 0) is 20.2 Å². The fraction of sp³-hybridized carbons (Fsp3) is 0.435. The summed E-state index contributed by atoms with van der Waals surface area (Å²) in [5.41, 5.74) is 1.28. The van der Waals surface area contributed by atoms with Crippen LogP contribution in [0.25, 0.3) is 0 Å². The lowest BCUT2D eigenvalue weighted by Crippen LogP contribution is -2.51. The van der Waals surface area contributed by atoms with Crippen LogP contribution in [0.1, 0.15) is 40.2 Å². The highest BCUT2D eigenvalue weighted by Gasteiger charge is 2.38. The van der Waals surface area contributed by atoms with Gasteiger partial charge in [-0.2, -0.15) is 0 Å². The Morgan fingerprint density at radius 2 is 1.83 bits per heavy atom. The van der Waals surface area contributed by atoms with Crippen LogP contribution in [0, 0.1) is 5.92 Å². The zero-order valence-corrected chi connectivity index (χ0v) is 19.0. The number of anilines is 1. The number of nitrogens with zero attached hydrogens (tertiary/aromatic N) is 1. The number of nitrogens with one attached hydrogen (secondary N) is 1. The summed E-state index contributed by atoms with van der Waals surface area (Å²) in [6.07, 6.45) is -0.921. The molecular weight excluding hydrogens is 400 g/mol. The highest BCUT2D eigenvalue weighted by atomic mass is 32.2.